The molecule has 1 N–H and O–H groups in total. The highest BCUT2D eigenvalue weighted by molar-refractivity contribution is 8.26. The summed E-state index contributed by atoms with van der Waals surface area (Å²) in [5.41, 5.74) is 2.73. The second kappa shape index (κ2) is 15.2. The number of carboxylic acids is 1. The molecular formula is C32H30Cl2N2O6S2. The Morgan fingerprint density at radius 2 is 1.68 bits per heavy atom. The highest BCUT2D eigenvalue weighted by Crippen LogP contribution is 2.37. The SMILES string of the molecule is O=C(O)c1ccc(OCCCN2C(=O)/C(=C/c3cc(-c4ccc(Cl)c(Cl)c4)ccc3OCCN3CCOCC3)SC2=S)cc1. The predicted molar refractivity (Wildman–Crippen MR) is 178 cm³/mol. The topological polar surface area (TPSA) is 88.5 Å². The van der Waals surface area contributed by atoms with Crippen LogP contribution in [0.4, 0.5) is 0 Å². The second-order valence-electron chi connectivity index (χ2n) is 10.0. The summed E-state index contributed by atoms with van der Waals surface area (Å²) in [6.45, 7) is 5.18. The maximum Gasteiger partial charge on any atom is 0.335 e. The van der Waals surface area contributed by atoms with Crippen LogP contribution < -0.4 is 9.47 Å². The first kappa shape index (κ1) is 32.3. The lowest BCUT2D eigenvalue weighted by atomic mass is 10.0. The Kier molecular flexibility index (Phi) is 11.2. The molecule has 44 heavy (non-hydrogen) atoms. The molecule has 3 aromatic rings. The molecule has 2 fully saturated rings. The zero-order valence-electron chi connectivity index (χ0n) is 23.7. The molecule has 0 atom stereocenters. The standard InChI is InChI=1S/C32H30Cl2N2O6S2/c33-26-8-4-23(19-27(26)34)22-5-9-28(42-17-13-35-11-15-40-16-12-35)24(18-22)20-29-30(37)36(32(43)44-29)10-1-14-41-25-6-2-21(3-7-25)31(38)39/h2-9,18-20H,1,10-17H2,(H,38,39)/b29-20-. The quantitative estimate of drug-likeness (QED) is 0.128. The Morgan fingerprint density at radius 3 is 2.41 bits per heavy atom. The molecule has 0 aromatic heterocycles. The molecule has 12 heteroatoms. The fraction of sp³-hybridized carbons (Fsp3) is 0.281. The molecule has 0 unspecified atom stereocenters. The van der Waals surface area contributed by atoms with Crippen LogP contribution in [0, 0.1) is 0 Å². The largest absolute Gasteiger partial charge is 0.494 e. The third kappa shape index (κ3) is 8.32. The molecule has 8 nitrogen and oxygen atoms in total. The maximum absolute atomic E-state index is 13.4. The van der Waals surface area contributed by atoms with Gasteiger partial charge in [-0.05, 0) is 72.2 Å². The minimum Gasteiger partial charge on any atom is -0.494 e. The first-order valence-electron chi connectivity index (χ1n) is 14.0. The average Bonchev–Trinajstić information content (AvgIpc) is 3.29. The van der Waals surface area contributed by atoms with E-state index < -0.39 is 5.97 Å². The summed E-state index contributed by atoms with van der Waals surface area (Å²) >= 11 is 19.2. The van der Waals surface area contributed by atoms with Crippen molar-refractivity contribution in [2.75, 3.05) is 52.6 Å². The van der Waals surface area contributed by atoms with Gasteiger partial charge < -0.3 is 19.3 Å². The number of benzene rings is 3. The van der Waals surface area contributed by atoms with Gasteiger partial charge >= 0.3 is 5.97 Å². The zero-order chi connectivity index (χ0) is 31.1. The van der Waals surface area contributed by atoms with Crippen molar-refractivity contribution in [3.63, 3.8) is 0 Å². The van der Waals surface area contributed by atoms with E-state index in [1.165, 1.54) is 23.9 Å². The van der Waals surface area contributed by atoms with Crippen molar-refractivity contribution in [3.8, 4) is 22.6 Å². The number of aromatic carboxylic acids is 1. The van der Waals surface area contributed by atoms with Crippen LogP contribution in [0.5, 0.6) is 11.5 Å². The van der Waals surface area contributed by atoms with Crippen molar-refractivity contribution in [3.05, 3.63) is 86.7 Å². The molecule has 0 aliphatic carbocycles. The molecule has 3 aromatic carbocycles. The van der Waals surface area contributed by atoms with Gasteiger partial charge in [0, 0.05) is 31.7 Å². The minimum atomic E-state index is -0.994. The third-order valence-corrected chi connectivity index (χ3v) is 9.20. The van der Waals surface area contributed by atoms with Gasteiger partial charge in [0.1, 0.15) is 22.4 Å². The number of carboxylic acid groups (broad SMARTS) is 1. The van der Waals surface area contributed by atoms with Gasteiger partial charge in [-0.1, -0.05) is 59.3 Å². The van der Waals surface area contributed by atoms with Crippen LogP contribution in [-0.2, 0) is 9.53 Å². The Morgan fingerprint density at radius 1 is 0.955 bits per heavy atom. The van der Waals surface area contributed by atoms with Crippen molar-refractivity contribution in [2.24, 2.45) is 0 Å². The molecule has 2 heterocycles. The number of carbonyl (C=O) groups excluding carboxylic acids is 1. The number of ether oxygens (including phenoxy) is 3. The summed E-state index contributed by atoms with van der Waals surface area (Å²) in [6, 6.07) is 17.5. The average molecular weight is 674 g/mol. The van der Waals surface area contributed by atoms with Crippen molar-refractivity contribution >= 4 is 69.5 Å². The molecule has 230 valence electrons. The Balaban J connectivity index is 1.28. The smallest absolute Gasteiger partial charge is 0.335 e. The fourth-order valence-corrected chi connectivity index (χ4v) is 6.30. The molecule has 0 spiro atoms. The third-order valence-electron chi connectivity index (χ3n) is 7.09. The Labute approximate surface area is 275 Å². The number of halogens is 2. The number of amides is 1. The van der Waals surface area contributed by atoms with E-state index in [2.05, 4.69) is 4.90 Å². The van der Waals surface area contributed by atoms with E-state index in [4.69, 9.17) is 54.7 Å². The van der Waals surface area contributed by atoms with E-state index in [9.17, 15) is 9.59 Å². The van der Waals surface area contributed by atoms with Crippen molar-refractivity contribution < 1.29 is 28.9 Å². The Hall–Kier alpha value is -3.12. The number of morpholine rings is 1. The maximum atomic E-state index is 13.4. The number of hydrogen-bond donors (Lipinski definition) is 1. The van der Waals surface area contributed by atoms with Crippen LogP contribution in [0.2, 0.25) is 10.0 Å². The summed E-state index contributed by atoms with van der Waals surface area (Å²) < 4.78 is 17.9. The lowest BCUT2D eigenvalue weighted by Gasteiger charge is -2.26. The normalized spacial score (nSPS) is 16.5. The Bertz CT molecular complexity index is 1560. The van der Waals surface area contributed by atoms with Gasteiger partial charge in [0.2, 0.25) is 0 Å². The molecule has 0 bridgehead atoms. The van der Waals surface area contributed by atoms with Gasteiger partial charge in [-0.3, -0.25) is 14.6 Å². The van der Waals surface area contributed by atoms with E-state index in [0.29, 0.717) is 56.9 Å². The van der Waals surface area contributed by atoms with Crippen LogP contribution >= 0.6 is 47.2 Å². The van der Waals surface area contributed by atoms with Crippen LogP contribution in [0.1, 0.15) is 22.3 Å². The van der Waals surface area contributed by atoms with Crippen molar-refractivity contribution in [2.45, 2.75) is 6.42 Å². The van der Waals surface area contributed by atoms with Gasteiger partial charge in [-0.15, -0.1) is 0 Å². The molecule has 2 saturated heterocycles. The van der Waals surface area contributed by atoms with Gasteiger partial charge in [0.25, 0.3) is 5.91 Å². The molecule has 0 saturated carbocycles. The van der Waals surface area contributed by atoms with E-state index in [0.717, 1.165) is 49.5 Å². The van der Waals surface area contributed by atoms with Crippen LogP contribution in [0.15, 0.2) is 65.6 Å². The summed E-state index contributed by atoms with van der Waals surface area (Å²) in [7, 11) is 0. The highest BCUT2D eigenvalue weighted by Gasteiger charge is 2.32. The second-order valence-corrected chi connectivity index (χ2v) is 12.5. The minimum absolute atomic E-state index is 0.176. The molecule has 5 rings (SSSR count). The van der Waals surface area contributed by atoms with E-state index in [1.54, 1.807) is 23.1 Å². The highest BCUT2D eigenvalue weighted by atomic mass is 35.5. The molecule has 2 aliphatic rings. The number of rotatable bonds is 12. The number of carbonyl (C=O) groups is 2. The number of nitrogens with zero attached hydrogens (tertiary/aromatic N) is 2. The van der Waals surface area contributed by atoms with Crippen molar-refractivity contribution in [1.29, 1.82) is 0 Å². The first-order chi connectivity index (χ1) is 21.3. The summed E-state index contributed by atoms with van der Waals surface area (Å²) in [4.78, 5) is 28.8. The first-order valence-corrected chi connectivity index (χ1v) is 16.0. The van der Waals surface area contributed by atoms with Crippen LogP contribution in [0.25, 0.3) is 17.2 Å². The zero-order valence-corrected chi connectivity index (χ0v) is 26.8. The number of thiocarbonyl (C=S) groups is 1. The van der Waals surface area contributed by atoms with Crippen molar-refractivity contribution in [1.82, 2.24) is 9.80 Å². The lowest BCUT2D eigenvalue weighted by Crippen LogP contribution is -2.38. The van der Waals surface area contributed by atoms with Gasteiger partial charge in [-0.2, -0.15) is 0 Å². The van der Waals surface area contributed by atoms with Crippen LogP contribution in [0.3, 0.4) is 0 Å². The number of hydrogen-bond acceptors (Lipinski definition) is 8. The summed E-state index contributed by atoms with van der Waals surface area (Å²) in [5.74, 6) is 0.0507. The fourth-order valence-electron chi connectivity index (χ4n) is 4.70. The van der Waals surface area contributed by atoms with E-state index in [-0.39, 0.29) is 11.5 Å². The molecule has 2 aliphatic heterocycles. The number of thioether (sulfide) groups is 1. The lowest BCUT2D eigenvalue weighted by molar-refractivity contribution is -0.122. The summed E-state index contributed by atoms with van der Waals surface area (Å²) in [5, 5.41) is 9.98. The molecular weight excluding hydrogens is 643 g/mol. The summed E-state index contributed by atoms with van der Waals surface area (Å²) in [6.07, 6.45) is 2.37. The van der Waals surface area contributed by atoms with E-state index >= 15 is 0 Å². The van der Waals surface area contributed by atoms with Gasteiger partial charge in [-0.25, -0.2) is 4.79 Å². The predicted octanol–water partition coefficient (Wildman–Crippen LogP) is 6.74. The van der Waals surface area contributed by atoms with E-state index in [1.807, 2.05) is 36.4 Å². The van der Waals surface area contributed by atoms with Gasteiger partial charge in [0.15, 0.2) is 0 Å². The molecule has 0 radical (unpaired) electrons. The van der Waals surface area contributed by atoms with Gasteiger partial charge in [0.05, 0.1) is 40.3 Å². The molecule has 1 amide bonds. The monoisotopic (exact) mass is 672 g/mol. The van der Waals surface area contributed by atoms with Crippen LogP contribution in [-0.4, -0.2) is 83.7 Å².